The van der Waals surface area contributed by atoms with Crippen LogP contribution in [0.3, 0.4) is 0 Å². The molecule has 200 valence electrons. The van der Waals surface area contributed by atoms with E-state index in [0.717, 1.165) is 11.1 Å². The summed E-state index contributed by atoms with van der Waals surface area (Å²) in [7, 11) is 0. The predicted octanol–water partition coefficient (Wildman–Crippen LogP) is 3.08. The zero-order valence-electron chi connectivity index (χ0n) is 20.5. The standard InChI is InChI=1S/C25H25F3N6O4/c1-24(2)37-20-16(33-19-12-29-11-18(34-19)25(26,27)28)13-36-17(21(20)38-24)10-32-23(35)22-30-8-15(9-31-22)14-6-4-3-5-7-14/h3-9,11-12,16-17,20-21H,10,13H2,1-2H3,(H,32,35)(H,33,34)/t16-,17+,20+,21-/m0/s1. The number of rotatable bonds is 6. The molecule has 1 amide bonds. The van der Waals surface area contributed by atoms with E-state index in [-0.39, 0.29) is 24.8 Å². The number of alkyl halides is 3. The number of carbonyl (C=O) groups is 1. The highest BCUT2D eigenvalue weighted by Crippen LogP contribution is 2.36. The summed E-state index contributed by atoms with van der Waals surface area (Å²) in [6, 6.07) is 8.97. The summed E-state index contributed by atoms with van der Waals surface area (Å²) in [6.07, 6.45) is -1.40. The Labute approximate surface area is 216 Å². The third-order valence-corrected chi connectivity index (χ3v) is 6.10. The first-order valence-electron chi connectivity index (χ1n) is 11.9. The van der Waals surface area contributed by atoms with E-state index in [1.807, 2.05) is 30.3 Å². The van der Waals surface area contributed by atoms with E-state index < -0.39 is 47.9 Å². The molecule has 2 aromatic heterocycles. The van der Waals surface area contributed by atoms with Gasteiger partial charge in [0.25, 0.3) is 5.91 Å². The van der Waals surface area contributed by atoms with Crippen molar-refractivity contribution in [2.75, 3.05) is 18.5 Å². The number of nitrogens with one attached hydrogen (secondary N) is 2. The van der Waals surface area contributed by atoms with Crippen molar-refractivity contribution < 1.29 is 32.2 Å². The van der Waals surface area contributed by atoms with E-state index in [4.69, 9.17) is 14.2 Å². The highest BCUT2D eigenvalue weighted by atomic mass is 19.4. The molecule has 3 aromatic rings. The predicted molar refractivity (Wildman–Crippen MR) is 128 cm³/mol. The Morgan fingerprint density at radius 1 is 1.03 bits per heavy atom. The number of hydrogen-bond acceptors (Lipinski definition) is 9. The van der Waals surface area contributed by atoms with Crippen LogP contribution in [0.1, 0.15) is 30.2 Å². The second-order valence-corrected chi connectivity index (χ2v) is 9.35. The lowest BCUT2D eigenvalue weighted by molar-refractivity contribution is -0.153. The van der Waals surface area contributed by atoms with Crippen molar-refractivity contribution in [1.82, 2.24) is 25.3 Å². The average Bonchev–Trinajstić information content (AvgIpc) is 3.24. The Hall–Kier alpha value is -3.68. The van der Waals surface area contributed by atoms with Crippen LogP contribution in [-0.4, -0.2) is 69.1 Å². The number of anilines is 1. The van der Waals surface area contributed by atoms with Gasteiger partial charge in [-0.1, -0.05) is 30.3 Å². The van der Waals surface area contributed by atoms with Crippen molar-refractivity contribution in [1.29, 1.82) is 0 Å². The number of carbonyl (C=O) groups excluding carboxylic acids is 1. The molecule has 2 saturated heterocycles. The van der Waals surface area contributed by atoms with Crippen LogP contribution >= 0.6 is 0 Å². The lowest BCUT2D eigenvalue weighted by Crippen LogP contribution is -2.57. The summed E-state index contributed by atoms with van der Waals surface area (Å²) in [5.74, 6) is -1.52. The van der Waals surface area contributed by atoms with E-state index >= 15 is 0 Å². The molecule has 0 aliphatic carbocycles. The quantitative estimate of drug-likeness (QED) is 0.495. The number of nitrogens with zero attached hydrogens (tertiary/aromatic N) is 4. The van der Waals surface area contributed by atoms with Crippen molar-refractivity contribution in [2.24, 2.45) is 0 Å². The maximum absolute atomic E-state index is 13.0. The van der Waals surface area contributed by atoms with E-state index in [1.165, 1.54) is 6.20 Å². The number of halogens is 3. The number of benzene rings is 1. The Balaban J connectivity index is 1.23. The van der Waals surface area contributed by atoms with Crippen LogP contribution in [0, 0.1) is 0 Å². The van der Waals surface area contributed by atoms with Crippen LogP contribution < -0.4 is 10.6 Å². The van der Waals surface area contributed by atoms with Gasteiger partial charge in [0.05, 0.1) is 25.0 Å². The first-order valence-corrected chi connectivity index (χ1v) is 11.9. The Morgan fingerprint density at radius 2 is 1.74 bits per heavy atom. The van der Waals surface area contributed by atoms with Crippen LogP contribution in [0.5, 0.6) is 0 Å². The molecule has 2 N–H and O–H groups in total. The van der Waals surface area contributed by atoms with Gasteiger partial charge in [-0.15, -0.1) is 0 Å². The van der Waals surface area contributed by atoms with Crippen molar-refractivity contribution in [3.8, 4) is 11.1 Å². The molecule has 0 radical (unpaired) electrons. The van der Waals surface area contributed by atoms with Crippen LogP contribution in [0.4, 0.5) is 19.0 Å². The monoisotopic (exact) mass is 530 g/mol. The fourth-order valence-electron chi connectivity index (χ4n) is 4.39. The molecular formula is C25H25F3N6O4. The maximum atomic E-state index is 13.0. The third kappa shape index (κ3) is 5.74. The third-order valence-electron chi connectivity index (χ3n) is 6.10. The molecule has 13 heteroatoms. The van der Waals surface area contributed by atoms with Gasteiger partial charge < -0.3 is 24.8 Å². The van der Waals surface area contributed by atoms with Crippen molar-refractivity contribution >= 4 is 11.7 Å². The molecule has 0 spiro atoms. The highest BCUT2D eigenvalue weighted by Gasteiger charge is 2.52. The Morgan fingerprint density at radius 3 is 2.45 bits per heavy atom. The van der Waals surface area contributed by atoms with E-state index in [1.54, 1.807) is 26.2 Å². The number of ether oxygens (including phenoxy) is 3. The summed E-state index contributed by atoms with van der Waals surface area (Å²) in [5, 5.41) is 5.69. The molecule has 4 atom stereocenters. The highest BCUT2D eigenvalue weighted by molar-refractivity contribution is 5.90. The minimum atomic E-state index is -4.62. The van der Waals surface area contributed by atoms with Crippen LogP contribution in [0.15, 0.2) is 55.1 Å². The zero-order chi connectivity index (χ0) is 26.9. The normalized spacial score (nSPS) is 24.4. The maximum Gasteiger partial charge on any atom is 0.434 e. The SMILES string of the molecule is CC1(C)O[C@@H]2[C@H](O1)[C@@H](Nc1cncc(C(F)(F)F)n1)CO[C@@H]2CNC(=O)c1ncc(-c2ccccc2)cn1. The van der Waals surface area contributed by atoms with Crippen molar-refractivity contribution in [2.45, 2.75) is 50.2 Å². The summed E-state index contributed by atoms with van der Waals surface area (Å²) in [5.41, 5.74) is 0.601. The zero-order valence-corrected chi connectivity index (χ0v) is 20.5. The van der Waals surface area contributed by atoms with Gasteiger partial charge >= 0.3 is 6.18 Å². The van der Waals surface area contributed by atoms with Gasteiger partial charge in [0, 0.05) is 24.5 Å². The number of fused-ring (bicyclic) bond motifs is 1. The van der Waals surface area contributed by atoms with Gasteiger partial charge in [0.15, 0.2) is 11.5 Å². The summed E-state index contributed by atoms with van der Waals surface area (Å²) < 4.78 is 57.1. The Kier molecular flexibility index (Phi) is 6.99. The lowest BCUT2D eigenvalue weighted by Gasteiger charge is -2.37. The van der Waals surface area contributed by atoms with Gasteiger partial charge in [0.2, 0.25) is 5.82 Å². The summed E-state index contributed by atoms with van der Waals surface area (Å²) >= 11 is 0. The fourth-order valence-corrected chi connectivity index (χ4v) is 4.39. The van der Waals surface area contributed by atoms with Crippen molar-refractivity contribution in [3.05, 3.63) is 66.6 Å². The fraction of sp³-hybridized carbons (Fsp3) is 0.400. The molecule has 2 fully saturated rings. The average molecular weight is 531 g/mol. The smallest absolute Gasteiger partial charge is 0.371 e. The van der Waals surface area contributed by atoms with Gasteiger partial charge in [-0.05, 0) is 19.4 Å². The first kappa shape index (κ1) is 25.9. The topological polar surface area (TPSA) is 120 Å². The second-order valence-electron chi connectivity index (χ2n) is 9.35. The largest absolute Gasteiger partial charge is 0.434 e. The van der Waals surface area contributed by atoms with Gasteiger partial charge in [-0.3, -0.25) is 9.78 Å². The molecule has 0 unspecified atom stereocenters. The summed E-state index contributed by atoms with van der Waals surface area (Å²) in [6.45, 7) is 3.61. The number of hydrogen-bond donors (Lipinski definition) is 2. The van der Waals surface area contributed by atoms with E-state index in [0.29, 0.717) is 6.20 Å². The van der Waals surface area contributed by atoms with Gasteiger partial charge in [0.1, 0.15) is 24.1 Å². The first-order chi connectivity index (χ1) is 18.1. The van der Waals surface area contributed by atoms with Crippen LogP contribution in [-0.2, 0) is 20.4 Å². The molecule has 5 rings (SSSR count). The molecular weight excluding hydrogens is 505 g/mol. The molecule has 1 aromatic carbocycles. The van der Waals surface area contributed by atoms with Crippen LogP contribution in [0.2, 0.25) is 0 Å². The molecule has 38 heavy (non-hydrogen) atoms. The molecule has 0 saturated carbocycles. The molecule has 0 bridgehead atoms. The van der Waals surface area contributed by atoms with E-state index in [9.17, 15) is 18.0 Å². The lowest BCUT2D eigenvalue weighted by atomic mass is 9.98. The van der Waals surface area contributed by atoms with Crippen molar-refractivity contribution in [3.63, 3.8) is 0 Å². The minimum Gasteiger partial charge on any atom is -0.371 e. The molecule has 2 aliphatic heterocycles. The molecule has 4 heterocycles. The van der Waals surface area contributed by atoms with Gasteiger partial charge in [-0.2, -0.15) is 13.2 Å². The van der Waals surface area contributed by atoms with E-state index in [2.05, 4.69) is 30.6 Å². The van der Waals surface area contributed by atoms with Crippen LogP contribution in [0.25, 0.3) is 11.1 Å². The summed E-state index contributed by atoms with van der Waals surface area (Å²) in [4.78, 5) is 28.3. The van der Waals surface area contributed by atoms with Gasteiger partial charge in [-0.25, -0.2) is 15.0 Å². The molecule has 2 aliphatic rings. The number of amides is 1. The Bertz CT molecular complexity index is 1280. The molecule has 10 nitrogen and oxygen atoms in total. The minimum absolute atomic E-state index is 0.00336. The number of aromatic nitrogens is 4. The second kappa shape index (κ2) is 10.2.